The lowest BCUT2D eigenvalue weighted by Crippen LogP contribution is -2.24. The molecule has 0 saturated heterocycles. The van der Waals surface area contributed by atoms with Gasteiger partial charge in [0.2, 0.25) is 0 Å². The van der Waals surface area contributed by atoms with Gasteiger partial charge in [0.15, 0.2) is 5.60 Å². The zero-order valence-electron chi connectivity index (χ0n) is 20.4. The third-order valence-electron chi connectivity index (χ3n) is 5.02. The van der Waals surface area contributed by atoms with Crippen LogP contribution in [0.5, 0.6) is 0 Å². The van der Waals surface area contributed by atoms with Gasteiger partial charge in [-0.25, -0.2) is 0 Å². The molecule has 13 heteroatoms. The van der Waals surface area contributed by atoms with Crippen LogP contribution in [-0.4, -0.2) is 30.1 Å². The topological polar surface area (TPSA) is 20.2 Å². The molecular weight excluding hydrogens is 701 g/mol. The van der Waals surface area contributed by atoms with Gasteiger partial charge in [0.05, 0.1) is 38.8 Å². The highest BCUT2D eigenvalue weighted by Gasteiger charge is 2.38. The molecule has 4 aliphatic rings. The molecule has 4 aliphatic heterocycles. The van der Waals surface area contributed by atoms with E-state index in [2.05, 4.69) is 47.7 Å². The van der Waals surface area contributed by atoms with E-state index in [0.717, 1.165) is 15.4 Å². The first-order valence-corrected chi connectivity index (χ1v) is 22.3. The molecule has 0 amide bonds. The Kier molecular flexibility index (Phi) is 11.5. The van der Waals surface area contributed by atoms with Crippen molar-refractivity contribution in [3.8, 4) is 11.8 Å². The number of benzene rings is 1. The van der Waals surface area contributed by atoms with Gasteiger partial charge in [-0.3, -0.25) is 0 Å². The van der Waals surface area contributed by atoms with E-state index in [9.17, 15) is 5.11 Å². The fourth-order valence-corrected chi connectivity index (χ4v) is 18.3. The van der Waals surface area contributed by atoms with Crippen molar-refractivity contribution in [2.24, 2.45) is 0 Å². The lowest BCUT2D eigenvalue weighted by molar-refractivity contribution is 0.150. The van der Waals surface area contributed by atoms with Crippen molar-refractivity contribution in [3.63, 3.8) is 0 Å². The van der Waals surface area contributed by atoms with Gasteiger partial charge in [-0.15, -0.1) is 47.0 Å². The molecule has 0 aromatic heterocycles. The number of hydrogen-bond donors (Lipinski definition) is 1. The summed E-state index contributed by atoms with van der Waals surface area (Å²) in [6.07, 6.45) is 8.55. The Balaban J connectivity index is 1.37. The molecule has 0 spiro atoms. The fraction of sp³-hybridized carbons (Fsp3) is 0.200. The summed E-state index contributed by atoms with van der Waals surface area (Å²) in [5.74, 6) is 6.63. The molecule has 1 aromatic rings. The van der Waals surface area contributed by atoms with Crippen molar-refractivity contribution in [2.45, 2.75) is 5.60 Å². The molecular formula is C25H20OS12. The van der Waals surface area contributed by atoms with Crippen LogP contribution in [-0.2, 0) is 5.60 Å². The highest BCUT2D eigenvalue weighted by atomic mass is 32.3. The van der Waals surface area contributed by atoms with Crippen molar-refractivity contribution >= 4 is 141 Å². The quantitative estimate of drug-likeness (QED) is 0.282. The molecule has 198 valence electrons. The van der Waals surface area contributed by atoms with Gasteiger partial charge in [-0.2, -0.15) is 0 Å². The van der Waals surface area contributed by atoms with Gasteiger partial charge in [-0.1, -0.05) is 136 Å². The average Bonchev–Trinajstić information content (AvgIpc) is 3.76. The molecule has 0 fully saturated rings. The van der Waals surface area contributed by atoms with Crippen LogP contribution in [0, 0.1) is 11.8 Å². The summed E-state index contributed by atoms with van der Waals surface area (Å²) in [6.45, 7) is 0. The van der Waals surface area contributed by atoms with Crippen LogP contribution in [0.2, 0.25) is 0 Å². The highest BCUT2D eigenvalue weighted by Crippen LogP contribution is 2.64. The Morgan fingerprint density at radius 3 is 1.66 bits per heavy atom. The van der Waals surface area contributed by atoms with Crippen LogP contribution in [0.1, 0.15) is 5.56 Å². The molecule has 1 N–H and O–H groups in total. The molecule has 1 nitrogen and oxygen atoms in total. The monoisotopic (exact) mass is 720 g/mol. The third-order valence-corrected chi connectivity index (χ3v) is 21.3. The predicted octanol–water partition coefficient (Wildman–Crippen LogP) is 11.4. The summed E-state index contributed by atoms with van der Waals surface area (Å²) in [6, 6.07) is 9.84. The maximum atomic E-state index is 12.1. The van der Waals surface area contributed by atoms with E-state index in [1.54, 1.807) is 70.6 Å². The molecule has 0 saturated carbocycles. The van der Waals surface area contributed by atoms with Gasteiger partial charge in [0.1, 0.15) is 0 Å². The van der Waals surface area contributed by atoms with E-state index < -0.39 is 5.60 Å². The van der Waals surface area contributed by atoms with Crippen molar-refractivity contribution in [1.29, 1.82) is 0 Å². The summed E-state index contributed by atoms with van der Waals surface area (Å²) in [5.41, 5.74) is -0.571. The van der Waals surface area contributed by atoms with Crippen LogP contribution < -0.4 is 0 Å². The van der Waals surface area contributed by atoms with Gasteiger partial charge < -0.3 is 5.11 Å². The molecule has 0 aliphatic carbocycles. The standard InChI is InChI=1S/C25H20OS12/c1-27-17-18(28-2)36-23(35-17)21-31-12-15(33-21)10-11-25(26,14-8-6-5-7-9-14)16-13-32-22(34-16)24-37-19(29-3)20(30-4)38-24/h5-9,12-13,26H,1-4H3. The third kappa shape index (κ3) is 6.79. The summed E-state index contributed by atoms with van der Waals surface area (Å²) >= 11 is 21.4. The SMILES string of the molecule is CSC1=C(SC)SC(=C2SC=C(C#CC(O)(C3=CSC(=C4SC(SC)=C(SC)S4)S3)c3ccccc3)S2)S1. The second-order valence-electron chi connectivity index (χ2n) is 7.25. The first-order valence-electron chi connectivity index (χ1n) is 10.7. The van der Waals surface area contributed by atoms with Crippen LogP contribution in [0.3, 0.4) is 0 Å². The number of allylic oxidation sites excluding steroid dienone is 1. The Hall–Kier alpha value is 1.38. The summed E-state index contributed by atoms with van der Waals surface area (Å²) < 4.78 is 10.6. The van der Waals surface area contributed by atoms with Crippen LogP contribution in [0.25, 0.3) is 0 Å². The van der Waals surface area contributed by atoms with Crippen molar-refractivity contribution in [1.82, 2.24) is 0 Å². The second-order valence-corrected chi connectivity index (χ2v) is 20.5. The maximum Gasteiger partial charge on any atom is 0.184 e. The first-order chi connectivity index (χ1) is 18.5. The number of aliphatic hydroxyl groups is 1. The van der Waals surface area contributed by atoms with E-state index in [1.165, 1.54) is 33.9 Å². The zero-order valence-corrected chi connectivity index (χ0v) is 30.2. The van der Waals surface area contributed by atoms with Crippen LogP contribution in [0.4, 0.5) is 0 Å². The Labute approximate surface area is 275 Å². The van der Waals surface area contributed by atoms with Crippen LogP contribution >= 0.6 is 141 Å². The summed E-state index contributed by atoms with van der Waals surface area (Å²) in [7, 11) is 0. The van der Waals surface area contributed by atoms with Crippen molar-refractivity contribution < 1.29 is 5.11 Å². The largest absolute Gasteiger partial charge is 0.369 e. The Morgan fingerprint density at radius 1 is 0.632 bits per heavy atom. The average molecular weight is 721 g/mol. The minimum absolute atomic E-state index is 0.799. The van der Waals surface area contributed by atoms with E-state index in [-0.39, 0.29) is 0 Å². The lowest BCUT2D eigenvalue weighted by atomic mass is 9.94. The van der Waals surface area contributed by atoms with Crippen LogP contribution in [0.15, 0.2) is 84.9 Å². The van der Waals surface area contributed by atoms with Gasteiger partial charge in [-0.05, 0) is 35.8 Å². The zero-order chi connectivity index (χ0) is 26.7. The van der Waals surface area contributed by atoms with E-state index in [1.807, 2.05) is 101 Å². The molecule has 0 bridgehead atoms. The van der Waals surface area contributed by atoms with Crippen molar-refractivity contribution in [3.05, 3.63) is 90.4 Å². The van der Waals surface area contributed by atoms with Crippen molar-refractivity contribution in [2.75, 3.05) is 25.0 Å². The summed E-state index contributed by atoms with van der Waals surface area (Å²) in [5, 5.41) is 16.3. The molecule has 1 atom stereocenters. The number of thioether (sulfide) groups is 12. The fourth-order valence-electron chi connectivity index (χ4n) is 3.22. The number of hydrogen-bond acceptors (Lipinski definition) is 13. The Bertz CT molecular complexity index is 1340. The van der Waals surface area contributed by atoms with E-state index in [4.69, 9.17) is 0 Å². The maximum absolute atomic E-state index is 12.1. The van der Waals surface area contributed by atoms with Gasteiger partial charge >= 0.3 is 0 Å². The molecule has 0 radical (unpaired) electrons. The van der Waals surface area contributed by atoms with E-state index in [0.29, 0.717) is 0 Å². The first kappa shape index (κ1) is 30.8. The number of rotatable bonds is 6. The second kappa shape index (κ2) is 14.2. The molecule has 38 heavy (non-hydrogen) atoms. The van der Waals surface area contributed by atoms with E-state index >= 15 is 0 Å². The predicted molar refractivity (Wildman–Crippen MR) is 197 cm³/mol. The smallest absolute Gasteiger partial charge is 0.184 e. The Morgan fingerprint density at radius 2 is 1.13 bits per heavy atom. The molecule has 5 rings (SSSR count). The minimum atomic E-state index is -1.37. The summed E-state index contributed by atoms with van der Waals surface area (Å²) in [4.78, 5) is 1.84. The van der Waals surface area contributed by atoms with Gasteiger partial charge in [0.25, 0.3) is 0 Å². The minimum Gasteiger partial charge on any atom is -0.369 e. The molecule has 4 heterocycles. The normalized spacial score (nSPS) is 21.3. The highest BCUT2D eigenvalue weighted by molar-refractivity contribution is 8.43. The lowest BCUT2D eigenvalue weighted by Gasteiger charge is -2.23. The molecule has 1 unspecified atom stereocenters. The molecule has 1 aromatic carbocycles. The van der Waals surface area contributed by atoms with Gasteiger partial charge in [0, 0.05) is 10.5 Å².